The monoisotopic (exact) mass is 781 g/mol. The summed E-state index contributed by atoms with van der Waals surface area (Å²) in [6.07, 6.45) is 9.18. The molecule has 1 spiro atoms. The Bertz CT molecular complexity index is 2780. The quantitative estimate of drug-likeness (QED) is 0.172. The first-order valence-electron chi connectivity index (χ1n) is 22.7. The second-order valence-electron chi connectivity index (χ2n) is 20.4. The molecule has 0 atom stereocenters. The molecular weight excluding hydrogens is 727 g/mol. The normalized spacial score (nSPS) is 25.0. The molecular formula is C58H55NO. The lowest BCUT2D eigenvalue weighted by Crippen LogP contribution is -2.57. The standard InChI is InChI=1S/C58H55NO/c1-56(2)29-30-57(3,4)52-36-44(25-28-49(52)56)59(43-23-21-40(22-24-43)46-27-26-45(39-13-6-5-7-14-39)47-15-8-9-16-48(46)47)53-19-12-18-51-55(53)60-54-20-11-10-17-50(54)58(51)41-32-37-31-38(34-41)35-42(58)33-37/h5-28,36-38,41-42H,29-35H2,1-4H3. The van der Waals surface area contributed by atoms with Crippen molar-refractivity contribution in [3.8, 4) is 33.8 Å². The van der Waals surface area contributed by atoms with E-state index < -0.39 is 0 Å². The summed E-state index contributed by atoms with van der Waals surface area (Å²) in [7, 11) is 0. The number of fused-ring (bicyclic) bond motifs is 4. The highest BCUT2D eigenvalue weighted by atomic mass is 16.5. The zero-order valence-corrected chi connectivity index (χ0v) is 35.5. The summed E-state index contributed by atoms with van der Waals surface area (Å²) in [6, 6.07) is 57.2. The summed E-state index contributed by atoms with van der Waals surface area (Å²) in [5.41, 5.74) is 14.5. The summed E-state index contributed by atoms with van der Waals surface area (Å²) >= 11 is 0. The van der Waals surface area contributed by atoms with Gasteiger partial charge in [0.25, 0.3) is 0 Å². The lowest BCUT2D eigenvalue weighted by Gasteiger charge is -2.63. The van der Waals surface area contributed by atoms with Gasteiger partial charge in [0.15, 0.2) is 5.75 Å². The van der Waals surface area contributed by atoms with Crippen LogP contribution in [0.25, 0.3) is 33.0 Å². The topological polar surface area (TPSA) is 12.5 Å². The van der Waals surface area contributed by atoms with E-state index in [-0.39, 0.29) is 16.2 Å². The van der Waals surface area contributed by atoms with Gasteiger partial charge in [-0.25, -0.2) is 0 Å². The van der Waals surface area contributed by atoms with Gasteiger partial charge in [-0.15, -0.1) is 0 Å². The van der Waals surface area contributed by atoms with Crippen LogP contribution in [0.4, 0.5) is 17.1 Å². The highest BCUT2D eigenvalue weighted by molar-refractivity contribution is 6.05. The number of anilines is 3. The lowest BCUT2D eigenvalue weighted by atomic mass is 9.42. The molecule has 13 rings (SSSR count). The van der Waals surface area contributed by atoms with Crippen molar-refractivity contribution in [2.24, 2.45) is 23.7 Å². The van der Waals surface area contributed by atoms with Crippen molar-refractivity contribution in [2.75, 3.05) is 4.90 Å². The summed E-state index contributed by atoms with van der Waals surface area (Å²) in [5, 5.41) is 2.55. The minimum atomic E-state index is -0.0159. The maximum atomic E-state index is 7.30. The van der Waals surface area contributed by atoms with Gasteiger partial charge in [0.1, 0.15) is 5.75 Å². The van der Waals surface area contributed by atoms with Crippen molar-refractivity contribution >= 4 is 27.8 Å². The van der Waals surface area contributed by atoms with Gasteiger partial charge in [-0.05, 0) is 160 Å². The third kappa shape index (κ3) is 5.31. The Hall–Kier alpha value is -5.60. The number of ether oxygens (including phenoxy) is 1. The van der Waals surface area contributed by atoms with Crippen molar-refractivity contribution in [1.29, 1.82) is 0 Å². The summed E-state index contributed by atoms with van der Waals surface area (Å²) in [6.45, 7) is 9.74. The van der Waals surface area contributed by atoms with E-state index in [1.165, 1.54) is 106 Å². The Labute approximate surface area is 356 Å². The van der Waals surface area contributed by atoms with E-state index in [1.807, 2.05) is 0 Å². The Morgan fingerprint density at radius 3 is 1.72 bits per heavy atom. The van der Waals surface area contributed by atoms with E-state index in [2.05, 4.69) is 184 Å². The summed E-state index contributed by atoms with van der Waals surface area (Å²) in [5.74, 6) is 5.16. The fraction of sp³-hybridized carbons (Fsp3) is 0.310. The highest BCUT2D eigenvalue weighted by Crippen LogP contribution is 2.70. The van der Waals surface area contributed by atoms with Gasteiger partial charge in [0, 0.05) is 27.9 Å². The molecule has 1 heterocycles. The van der Waals surface area contributed by atoms with Crippen LogP contribution >= 0.6 is 0 Å². The van der Waals surface area contributed by atoms with Gasteiger partial charge in [-0.2, -0.15) is 0 Å². The fourth-order valence-corrected chi connectivity index (χ4v) is 13.4. The lowest BCUT2D eigenvalue weighted by molar-refractivity contribution is -0.0451. The van der Waals surface area contributed by atoms with Crippen LogP contribution in [-0.2, 0) is 16.2 Å². The van der Waals surface area contributed by atoms with Crippen LogP contribution in [0.3, 0.4) is 0 Å². The molecule has 7 aromatic rings. The first-order valence-corrected chi connectivity index (χ1v) is 22.7. The molecule has 2 nitrogen and oxygen atoms in total. The van der Waals surface area contributed by atoms with Crippen molar-refractivity contribution in [2.45, 2.75) is 88.9 Å². The van der Waals surface area contributed by atoms with Gasteiger partial charge >= 0.3 is 0 Å². The van der Waals surface area contributed by atoms with Gasteiger partial charge < -0.3 is 9.64 Å². The number of hydrogen-bond donors (Lipinski definition) is 0. The zero-order valence-electron chi connectivity index (χ0n) is 35.5. The zero-order chi connectivity index (χ0) is 40.4. The van der Waals surface area contributed by atoms with Crippen LogP contribution in [0.15, 0.2) is 152 Å². The van der Waals surface area contributed by atoms with Gasteiger partial charge in [-0.1, -0.05) is 143 Å². The Kier molecular flexibility index (Phi) is 7.98. The van der Waals surface area contributed by atoms with Crippen LogP contribution in [0.5, 0.6) is 11.5 Å². The fourth-order valence-electron chi connectivity index (χ4n) is 13.4. The minimum absolute atomic E-state index is 0.0159. The van der Waals surface area contributed by atoms with E-state index in [0.29, 0.717) is 11.8 Å². The van der Waals surface area contributed by atoms with E-state index in [1.54, 1.807) is 0 Å². The van der Waals surface area contributed by atoms with Crippen LogP contribution in [0, 0.1) is 23.7 Å². The molecule has 5 aliphatic carbocycles. The number of hydrogen-bond acceptors (Lipinski definition) is 2. The van der Waals surface area contributed by atoms with Crippen LogP contribution in [-0.4, -0.2) is 0 Å². The SMILES string of the molecule is CC1(C)CCC(C)(C)c2cc(N(c3ccc(-c4ccc(-c5ccccc5)c5ccccc45)cc3)c3cccc4c3Oc3ccccc3C43C4CC5CC(C4)CC3C5)ccc21. The van der Waals surface area contributed by atoms with Crippen molar-refractivity contribution in [3.05, 3.63) is 174 Å². The molecule has 4 bridgehead atoms. The van der Waals surface area contributed by atoms with E-state index in [4.69, 9.17) is 4.74 Å². The van der Waals surface area contributed by atoms with E-state index in [0.717, 1.165) is 34.7 Å². The van der Waals surface area contributed by atoms with Gasteiger partial charge in [0.2, 0.25) is 0 Å². The first kappa shape index (κ1) is 36.3. The molecule has 6 aliphatic rings. The molecule has 1 aliphatic heterocycles. The van der Waals surface area contributed by atoms with Crippen LogP contribution in [0.1, 0.15) is 94.9 Å². The number of nitrogens with zero attached hydrogens (tertiary/aromatic N) is 1. The molecule has 0 N–H and O–H groups in total. The van der Waals surface area contributed by atoms with Crippen LogP contribution in [0.2, 0.25) is 0 Å². The van der Waals surface area contributed by atoms with Crippen molar-refractivity contribution in [3.63, 3.8) is 0 Å². The molecule has 0 saturated heterocycles. The molecule has 4 fully saturated rings. The maximum absolute atomic E-state index is 7.30. The summed E-state index contributed by atoms with van der Waals surface area (Å²) in [4.78, 5) is 2.52. The first-order chi connectivity index (χ1) is 29.2. The number of para-hydroxylation sites is 2. The Morgan fingerprint density at radius 1 is 0.467 bits per heavy atom. The molecule has 298 valence electrons. The number of benzene rings is 7. The van der Waals surface area contributed by atoms with Gasteiger partial charge in [-0.3, -0.25) is 0 Å². The average molecular weight is 782 g/mol. The van der Waals surface area contributed by atoms with E-state index in [9.17, 15) is 0 Å². The third-order valence-corrected chi connectivity index (χ3v) is 16.2. The van der Waals surface area contributed by atoms with Crippen molar-refractivity contribution < 1.29 is 4.74 Å². The molecule has 7 aromatic carbocycles. The molecule has 2 heteroatoms. The smallest absolute Gasteiger partial charge is 0.155 e. The van der Waals surface area contributed by atoms with Crippen molar-refractivity contribution in [1.82, 2.24) is 0 Å². The predicted octanol–water partition coefficient (Wildman–Crippen LogP) is 15.8. The minimum Gasteiger partial charge on any atom is -0.455 e. The molecule has 0 radical (unpaired) electrons. The largest absolute Gasteiger partial charge is 0.455 e. The molecule has 0 aromatic heterocycles. The second-order valence-corrected chi connectivity index (χ2v) is 20.4. The van der Waals surface area contributed by atoms with Gasteiger partial charge in [0.05, 0.1) is 5.69 Å². The highest BCUT2D eigenvalue weighted by Gasteiger charge is 2.61. The second kappa shape index (κ2) is 13.2. The summed E-state index contributed by atoms with van der Waals surface area (Å²) < 4.78 is 7.30. The Balaban J connectivity index is 1.04. The number of rotatable bonds is 5. The molecule has 0 unspecified atom stereocenters. The predicted molar refractivity (Wildman–Crippen MR) is 249 cm³/mol. The average Bonchev–Trinajstić information content (AvgIpc) is 3.27. The Morgan fingerprint density at radius 2 is 1.03 bits per heavy atom. The molecule has 0 amide bonds. The van der Waals surface area contributed by atoms with E-state index >= 15 is 0 Å². The molecule has 4 saturated carbocycles. The van der Waals surface area contributed by atoms with Crippen LogP contribution < -0.4 is 9.64 Å². The molecule has 60 heavy (non-hydrogen) atoms. The third-order valence-electron chi connectivity index (χ3n) is 16.2. The maximum Gasteiger partial charge on any atom is 0.155 e.